The van der Waals surface area contributed by atoms with Crippen LogP contribution in [0.1, 0.15) is 26.3 Å². The van der Waals surface area contributed by atoms with Gasteiger partial charge in [-0.05, 0) is 68.8 Å². The zero-order valence-electron chi connectivity index (χ0n) is 20.4. The smallest absolute Gasteiger partial charge is 0.413 e. The third kappa shape index (κ3) is 6.92. The molecule has 0 spiro atoms. The largest absolute Gasteiger partial charge is 0.497 e. The molecule has 36 heavy (non-hydrogen) atoms. The van der Waals surface area contributed by atoms with Crippen molar-refractivity contribution < 1.29 is 19.0 Å². The van der Waals surface area contributed by atoms with E-state index < -0.39 is 11.7 Å². The molecule has 0 saturated carbocycles. The first kappa shape index (κ1) is 24.9. The molecule has 0 atom stereocenters. The average Bonchev–Trinajstić information content (AvgIpc) is 3.30. The highest BCUT2D eigenvalue weighted by atomic mass is 32.1. The summed E-state index contributed by atoms with van der Waals surface area (Å²) in [5.74, 6) is 1.68. The molecule has 186 valence electrons. The number of nitrogens with zero attached hydrogens (tertiary/aromatic N) is 3. The molecule has 2 heterocycles. The van der Waals surface area contributed by atoms with Crippen molar-refractivity contribution in [1.29, 1.82) is 0 Å². The van der Waals surface area contributed by atoms with E-state index in [0.717, 1.165) is 16.8 Å². The van der Waals surface area contributed by atoms with Crippen LogP contribution >= 0.6 is 11.3 Å². The van der Waals surface area contributed by atoms with Gasteiger partial charge in [0.25, 0.3) is 0 Å². The monoisotopic (exact) mass is 505 g/mol. The molecule has 2 aromatic carbocycles. The summed E-state index contributed by atoms with van der Waals surface area (Å²) < 4.78 is 16.8. The number of ether oxygens (including phenoxy) is 3. The summed E-state index contributed by atoms with van der Waals surface area (Å²) >= 11 is 1.41. The van der Waals surface area contributed by atoms with Crippen molar-refractivity contribution in [3.63, 3.8) is 0 Å². The number of rotatable bonds is 8. The van der Waals surface area contributed by atoms with E-state index >= 15 is 0 Å². The summed E-state index contributed by atoms with van der Waals surface area (Å²) in [6.07, 6.45) is 1.04. The second kappa shape index (κ2) is 11.0. The molecule has 0 unspecified atom stereocenters. The molecule has 0 aliphatic heterocycles. The summed E-state index contributed by atoms with van der Waals surface area (Å²) in [4.78, 5) is 16.2. The molecule has 0 bridgehead atoms. The lowest BCUT2D eigenvalue weighted by Crippen LogP contribution is -2.27. The Kier molecular flexibility index (Phi) is 7.65. The van der Waals surface area contributed by atoms with Crippen LogP contribution in [0.4, 0.5) is 21.4 Å². The highest BCUT2D eigenvalue weighted by Gasteiger charge is 2.17. The van der Waals surface area contributed by atoms with Crippen LogP contribution < -0.4 is 20.1 Å². The number of aromatic nitrogens is 3. The topological polar surface area (TPSA) is 107 Å². The lowest BCUT2D eigenvalue weighted by atomic mass is 10.2. The van der Waals surface area contributed by atoms with E-state index in [1.54, 1.807) is 40.1 Å². The fourth-order valence-corrected chi connectivity index (χ4v) is 3.94. The zero-order chi connectivity index (χ0) is 25.5. The zero-order valence-corrected chi connectivity index (χ0v) is 21.3. The van der Waals surface area contributed by atoms with E-state index in [2.05, 4.69) is 25.8 Å². The molecular formula is C26H27N5O4S. The van der Waals surface area contributed by atoms with Gasteiger partial charge < -0.3 is 19.5 Å². The summed E-state index contributed by atoms with van der Waals surface area (Å²) in [5.41, 5.74) is 1.91. The molecule has 4 aromatic rings. The number of nitrogens with one attached hydrogen (secondary N) is 2. The number of pyridine rings is 1. The standard InChI is InChI=1S/C26H27N5O4S/c1-26(2,3)35-25(32)29-22-14-17(12-13-27-22)16-34-21-11-10-19(33-4)15-20(21)23-30-31-24(36-23)28-18-8-6-5-7-9-18/h5-15H,16H2,1-4H3,(H,28,31)(H,27,29,32). The van der Waals surface area contributed by atoms with Crippen LogP contribution in [-0.2, 0) is 11.3 Å². The first-order chi connectivity index (χ1) is 17.3. The Morgan fingerprint density at radius 1 is 1.03 bits per heavy atom. The van der Waals surface area contributed by atoms with Gasteiger partial charge in [0.15, 0.2) is 5.01 Å². The van der Waals surface area contributed by atoms with Crippen molar-refractivity contribution in [2.45, 2.75) is 33.0 Å². The maximum Gasteiger partial charge on any atom is 0.413 e. The number of benzene rings is 2. The lowest BCUT2D eigenvalue weighted by molar-refractivity contribution is 0.0635. The summed E-state index contributed by atoms with van der Waals surface area (Å²) in [6.45, 7) is 5.65. The second-order valence-corrected chi connectivity index (χ2v) is 9.71. The molecule has 4 rings (SSSR count). The molecule has 1 amide bonds. The Hall–Kier alpha value is -4.18. The quantitative estimate of drug-likeness (QED) is 0.288. The van der Waals surface area contributed by atoms with Crippen LogP contribution in [0.3, 0.4) is 0 Å². The fourth-order valence-electron chi connectivity index (χ4n) is 3.16. The highest BCUT2D eigenvalue weighted by Crippen LogP contribution is 2.37. The Morgan fingerprint density at radius 3 is 2.58 bits per heavy atom. The number of methoxy groups -OCH3 is 1. The van der Waals surface area contributed by atoms with Crippen molar-refractivity contribution in [3.8, 4) is 22.1 Å². The minimum atomic E-state index is -0.600. The third-order valence-electron chi connectivity index (χ3n) is 4.71. The van der Waals surface area contributed by atoms with Crippen LogP contribution in [0.2, 0.25) is 0 Å². The molecule has 9 nitrogen and oxygen atoms in total. The molecule has 0 fully saturated rings. The van der Waals surface area contributed by atoms with Gasteiger partial charge in [-0.15, -0.1) is 10.2 Å². The van der Waals surface area contributed by atoms with E-state index in [9.17, 15) is 4.79 Å². The normalized spacial score (nSPS) is 11.0. The van der Waals surface area contributed by atoms with E-state index in [1.165, 1.54) is 11.3 Å². The van der Waals surface area contributed by atoms with Gasteiger partial charge in [-0.25, -0.2) is 9.78 Å². The van der Waals surface area contributed by atoms with Crippen LogP contribution in [0.15, 0.2) is 66.9 Å². The van der Waals surface area contributed by atoms with Crippen molar-refractivity contribution in [1.82, 2.24) is 15.2 Å². The SMILES string of the molecule is COc1ccc(OCc2ccnc(NC(=O)OC(C)(C)C)c2)c(-c2nnc(Nc3ccccc3)s2)c1. The third-order valence-corrected chi connectivity index (χ3v) is 5.59. The Labute approximate surface area is 213 Å². The maximum atomic E-state index is 12.1. The minimum absolute atomic E-state index is 0.249. The van der Waals surface area contributed by atoms with Crippen molar-refractivity contribution >= 4 is 34.1 Å². The number of hydrogen-bond donors (Lipinski definition) is 2. The second-order valence-electron chi connectivity index (χ2n) is 8.73. The van der Waals surface area contributed by atoms with Crippen molar-refractivity contribution in [2.75, 3.05) is 17.7 Å². The molecule has 0 saturated heterocycles. The number of carbonyl (C=O) groups excluding carboxylic acids is 1. The van der Waals surface area contributed by atoms with E-state index in [-0.39, 0.29) is 6.61 Å². The van der Waals surface area contributed by atoms with E-state index in [1.807, 2.05) is 54.6 Å². The first-order valence-electron chi connectivity index (χ1n) is 11.2. The predicted molar refractivity (Wildman–Crippen MR) is 140 cm³/mol. The Morgan fingerprint density at radius 2 is 1.83 bits per heavy atom. The number of hydrogen-bond acceptors (Lipinski definition) is 9. The van der Waals surface area contributed by atoms with Gasteiger partial charge in [0, 0.05) is 11.9 Å². The molecular weight excluding hydrogens is 478 g/mol. The van der Waals surface area contributed by atoms with Gasteiger partial charge in [0.2, 0.25) is 5.13 Å². The number of amides is 1. The van der Waals surface area contributed by atoms with Gasteiger partial charge in [-0.3, -0.25) is 5.32 Å². The maximum absolute atomic E-state index is 12.1. The van der Waals surface area contributed by atoms with Crippen molar-refractivity contribution in [3.05, 3.63) is 72.4 Å². The summed E-state index contributed by atoms with van der Waals surface area (Å²) in [7, 11) is 1.61. The van der Waals surface area contributed by atoms with Gasteiger partial charge in [0.05, 0.1) is 12.7 Å². The van der Waals surface area contributed by atoms with Gasteiger partial charge in [-0.1, -0.05) is 29.5 Å². The molecule has 0 aliphatic carbocycles. The molecule has 0 radical (unpaired) electrons. The van der Waals surface area contributed by atoms with Crippen LogP contribution in [-0.4, -0.2) is 34.0 Å². The highest BCUT2D eigenvalue weighted by molar-refractivity contribution is 7.18. The van der Waals surface area contributed by atoms with Crippen LogP contribution in [0.25, 0.3) is 10.6 Å². The van der Waals surface area contributed by atoms with Gasteiger partial charge in [-0.2, -0.15) is 0 Å². The van der Waals surface area contributed by atoms with Crippen LogP contribution in [0, 0.1) is 0 Å². The average molecular weight is 506 g/mol. The number of anilines is 3. The summed E-state index contributed by atoms with van der Waals surface area (Å²) in [6, 6.07) is 18.9. The van der Waals surface area contributed by atoms with E-state index in [0.29, 0.717) is 27.5 Å². The number of carbonyl (C=O) groups is 1. The van der Waals surface area contributed by atoms with E-state index in [4.69, 9.17) is 14.2 Å². The van der Waals surface area contributed by atoms with Gasteiger partial charge >= 0.3 is 6.09 Å². The number of para-hydroxylation sites is 1. The van der Waals surface area contributed by atoms with Crippen molar-refractivity contribution in [2.24, 2.45) is 0 Å². The Balaban J connectivity index is 1.49. The Bertz CT molecular complexity index is 1320. The minimum Gasteiger partial charge on any atom is -0.497 e. The lowest BCUT2D eigenvalue weighted by Gasteiger charge is -2.19. The molecule has 0 aliphatic rings. The summed E-state index contributed by atoms with van der Waals surface area (Å²) in [5, 5.41) is 15.9. The molecule has 2 aromatic heterocycles. The fraction of sp³-hybridized carbons (Fsp3) is 0.231. The molecule has 10 heteroatoms. The first-order valence-corrected chi connectivity index (χ1v) is 12.0. The van der Waals surface area contributed by atoms with Crippen LogP contribution in [0.5, 0.6) is 11.5 Å². The van der Waals surface area contributed by atoms with Gasteiger partial charge in [0.1, 0.15) is 29.5 Å². The molecule has 2 N–H and O–H groups in total. The predicted octanol–water partition coefficient (Wildman–Crippen LogP) is 6.28.